The lowest BCUT2D eigenvalue weighted by Crippen LogP contribution is -1.80. The number of oxazole rings is 4. The Hall–Kier alpha value is -17.4. The summed E-state index contributed by atoms with van der Waals surface area (Å²) in [6.07, 6.45) is 27.7. The van der Waals surface area contributed by atoms with Gasteiger partial charge in [-0.15, -0.1) is 11.3 Å². The number of thiophene rings is 1. The highest BCUT2D eigenvalue weighted by molar-refractivity contribution is 7.18. The number of benzene rings is 13. The summed E-state index contributed by atoms with van der Waals surface area (Å²) >= 11 is 1.56. The normalized spacial score (nSPS) is 11.1. The first-order chi connectivity index (χ1) is 60.4. The third-order valence-corrected chi connectivity index (χ3v) is 20.0. The lowest BCUT2D eigenvalue weighted by atomic mass is 10.1. The molecule has 0 amide bonds. The van der Waals surface area contributed by atoms with E-state index in [0.29, 0.717) is 56.9 Å². The lowest BCUT2D eigenvalue weighted by molar-refractivity contribution is 0.583. The number of aromatic nitrogens is 4. The predicted octanol–water partition coefficient (Wildman–Crippen LogP) is 27.4. The second-order valence-electron chi connectivity index (χ2n) is 27.9. The van der Waals surface area contributed by atoms with Crippen molar-refractivity contribution >= 4 is 141 Å². The minimum Gasteiger partial charge on any atom is -0.437 e. The average molecular weight is 1610 g/mol. The molecule has 0 aliphatic rings. The zero-order valence-electron chi connectivity index (χ0n) is 66.6. The van der Waals surface area contributed by atoms with Gasteiger partial charge in [0, 0.05) is 12.2 Å². The fourth-order valence-corrected chi connectivity index (χ4v) is 13.3. The van der Waals surface area contributed by atoms with Gasteiger partial charge in [0.2, 0.25) is 23.6 Å². The number of rotatable bonds is 16. The Morgan fingerprint density at radius 3 is 0.886 bits per heavy atom. The molecule has 584 valence electrons. The molecule has 0 atom stereocenters. The fraction of sp³-hybridized carbons (Fsp3) is 0.0185. The number of hydrogen-bond acceptors (Lipinski definition) is 15. The average Bonchev–Trinajstić information content (AvgIpc) is 1.67. The quantitative estimate of drug-likeness (QED) is 0.0817. The van der Waals surface area contributed by atoms with Crippen LogP contribution in [0.25, 0.3) is 151 Å². The number of nitriles is 6. The molecule has 5 aromatic heterocycles. The van der Waals surface area contributed by atoms with E-state index in [2.05, 4.69) is 92.7 Å². The van der Waals surface area contributed by atoms with Crippen LogP contribution in [0.4, 0.5) is 0 Å². The molecule has 0 bridgehead atoms. The minimum atomic E-state index is 0.541. The molecule has 0 saturated carbocycles. The monoisotopic (exact) mass is 1600 g/mol. The summed E-state index contributed by atoms with van der Waals surface area (Å²) in [5.74, 6) is 2.33. The molecule has 123 heavy (non-hydrogen) atoms. The van der Waals surface area contributed by atoms with Crippen molar-refractivity contribution in [3.63, 3.8) is 0 Å². The molecule has 0 unspecified atom stereocenters. The first-order valence-corrected chi connectivity index (χ1v) is 39.8. The van der Waals surface area contributed by atoms with Gasteiger partial charge in [-0.2, -0.15) is 31.6 Å². The number of fused-ring (bicyclic) bond motifs is 4. The maximum Gasteiger partial charge on any atom is 0.237 e. The van der Waals surface area contributed by atoms with E-state index in [0.717, 1.165) is 132 Å². The van der Waals surface area contributed by atoms with Crippen LogP contribution < -0.4 is 0 Å². The van der Waals surface area contributed by atoms with Gasteiger partial charge in [-0.3, -0.25) is 0 Å². The van der Waals surface area contributed by atoms with Gasteiger partial charge in [0.15, 0.2) is 22.3 Å². The molecule has 18 aromatic rings. The van der Waals surface area contributed by atoms with Crippen LogP contribution in [0.1, 0.15) is 123 Å². The van der Waals surface area contributed by atoms with E-state index in [9.17, 15) is 0 Å². The lowest BCUT2D eigenvalue weighted by Gasteiger charge is -1.99. The molecule has 0 fully saturated rings. The van der Waals surface area contributed by atoms with Crippen molar-refractivity contribution in [2.24, 2.45) is 0 Å². The summed E-state index contributed by atoms with van der Waals surface area (Å²) in [6.45, 7) is 4.06. The van der Waals surface area contributed by atoms with E-state index in [1.54, 1.807) is 35.6 Å². The van der Waals surface area contributed by atoms with Gasteiger partial charge in [0.25, 0.3) is 0 Å². The number of hydrogen-bond donors (Lipinski definition) is 0. The number of nitrogens with zero attached hydrogens (tertiary/aromatic N) is 10. The van der Waals surface area contributed by atoms with Gasteiger partial charge in [-0.1, -0.05) is 267 Å². The third-order valence-electron chi connectivity index (χ3n) is 19.0. The number of aryl methyl sites for hydroxylation is 2. The standard InChI is InChI=1S/3C24H16N2.C18H10N2O2S.C18H14N2O2/c25-17-22-5-3-4-21(16-22)13-12-19-8-10-20(11-9-19)14-15-23-6-1-2-7-24(23)18-26;25-17-23-14-11-21(12-15-23)9-6-19-4-7-20(8-5-19)10-13-22-2-1-3-24(16-22)18-26;25-17-22-13-11-20(12-14-22)6-5-19-7-9-21(10-8-19)15-16-23-3-1-2-4-24(23)18-26;1-3-7-13-11(5-1)19-17(21-13)15-9-10-16(23-15)18-20-12-6-2-4-8-14(12)22-18;1-11-3-5-15-13(9-11)19-17(21-15)7-8-18-20-14-10-12(2)4-6-16(14)22-18/h3*1-16H;1-10H;3-10H,1-2H3/b13-12+,15-14+;9-6+,13-10+;6-5+,16-15+;;8-7+. The van der Waals surface area contributed by atoms with Gasteiger partial charge >= 0.3 is 0 Å². The third kappa shape index (κ3) is 23.0. The highest BCUT2D eigenvalue weighted by Gasteiger charge is 2.16. The van der Waals surface area contributed by atoms with Gasteiger partial charge < -0.3 is 17.7 Å². The molecule has 15 heteroatoms. The fourth-order valence-electron chi connectivity index (χ4n) is 12.5. The van der Waals surface area contributed by atoms with Crippen LogP contribution >= 0.6 is 11.3 Å². The highest BCUT2D eigenvalue weighted by Crippen LogP contribution is 2.37. The SMILES string of the molecule is Cc1ccc2oc(/C=C/c3nc4cc(C)ccc4o3)nc2c1.N#Cc1ccc(/C=C/c2ccc(/C=C/c3cccc(C#N)c3)cc2)cc1.N#Cc1ccc(/C=C/c2ccc(/C=C/c3ccccc3C#N)cc2)cc1.N#Cc1cccc(/C=C/c2ccc(/C=C/c3ccccc3C#N)cc2)c1.c1ccc2oc(-c3ccc(-c4nc5ccccc5o4)s3)nc2c1. The largest absolute Gasteiger partial charge is 0.437 e. The van der Waals surface area contributed by atoms with E-state index in [-0.39, 0.29) is 0 Å². The molecule has 13 aromatic carbocycles. The minimum absolute atomic E-state index is 0.541. The van der Waals surface area contributed by atoms with Gasteiger partial charge in [0.1, 0.15) is 22.1 Å². The van der Waals surface area contributed by atoms with E-state index < -0.39 is 0 Å². The maximum atomic E-state index is 9.13. The maximum absolute atomic E-state index is 9.13. The summed E-state index contributed by atoms with van der Waals surface area (Å²) in [6, 6.07) is 114. The summed E-state index contributed by atoms with van der Waals surface area (Å²) < 4.78 is 23.0. The summed E-state index contributed by atoms with van der Waals surface area (Å²) in [5.41, 5.74) is 25.4. The molecule has 5 heterocycles. The van der Waals surface area contributed by atoms with Crippen LogP contribution in [0.15, 0.2) is 333 Å². The van der Waals surface area contributed by atoms with Crippen LogP contribution in [0.2, 0.25) is 0 Å². The van der Waals surface area contributed by atoms with Crippen LogP contribution in [0.5, 0.6) is 0 Å². The van der Waals surface area contributed by atoms with Gasteiger partial charge in [-0.05, 0) is 213 Å². The topological polar surface area (TPSA) is 247 Å². The molecule has 0 saturated heterocycles. The Morgan fingerprint density at radius 1 is 0.236 bits per heavy atom. The Labute approximate surface area is 715 Å². The second-order valence-corrected chi connectivity index (χ2v) is 28.9. The molecule has 14 nitrogen and oxygen atoms in total. The molecular formula is C108H72N10O4S. The Kier molecular flexibility index (Phi) is 27.3. The zero-order chi connectivity index (χ0) is 84.9. The van der Waals surface area contributed by atoms with Crippen LogP contribution in [0, 0.1) is 81.8 Å². The first kappa shape index (κ1) is 82.1. The smallest absolute Gasteiger partial charge is 0.237 e. The van der Waals surface area contributed by atoms with Crippen molar-refractivity contribution in [3.05, 3.63) is 439 Å². The van der Waals surface area contributed by atoms with Crippen molar-refractivity contribution < 1.29 is 17.7 Å². The van der Waals surface area contributed by atoms with E-state index in [1.807, 2.05) is 354 Å². The van der Waals surface area contributed by atoms with Crippen molar-refractivity contribution in [1.82, 2.24) is 19.9 Å². The predicted molar refractivity (Wildman–Crippen MR) is 497 cm³/mol. The van der Waals surface area contributed by atoms with E-state index >= 15 is 0 Å². The molecule has 0 spiro atoms. The van der Waals surface area contributed by atoms with E-state index in [1.165, 1.54) is 0 Å². The second kappa shape index (κ2) is 40.9. The van der Waals surface area contributed by atoms with Crippen molar-refractivity contribution in [3.8, 4) is 58.0 Å². The summed E-state index contributed by atoms with van der Waals surface area (Å²) in [4.78, 5) is 19.8. The van der Waals surface area contributed by atoms with Crippen LogP contribution in [-0.4, -0.2) is 19.9 Å². The molecule has 0 aliphatic heterocycles. The first-order valence-electron chi connectivity index (χ1n) is 39.0. The van der Waals surface area contributed by atoms with Gasteiger partial charge in [0.05, 0.1) is 79.6 Å². The molecular weight excluding hydrogens is 1530 g/mol. The van der Waals surface area contributed by atoms with Crippen molar-refractivity contribution in [2.75, 3.05) is 0 Å². The Bertz CT molecular complexity index is 7030. The van der Waals surface area contributed by atoms with E-state index in [4.69, 9.17) is 49.2 Å². The molecule has 0 radical (unpaired) electrons. The highest BCUT2D eigenvalue weighted by atomic mass is 32.1. The van der Waals surface area contributed by atoms with Crippen LogP contribution in [-0.2, 0) is 0 Å². The van der Waals surface area contributed by atoms with Crippen LogP contribution in [0.3, 0.4) is 0 Å². The molecule has 0 N–H and O–H groups in total. The summed E-state index contributed by atoms with van der Waals surface area (Å²) in [5, 5.41) is 53.8. The van der Waals surface area contributed by atoms with Crippen molar-refractivity contribution in [1.29, 1.82) is 31.6 Å². The molecule has 18 rings (SSSR count). The Morgan fingerprint density at radius 2 is 0.545 bits per heavy atom. The Balaban J connectivity index is 0.000000125. The van der Waals surface area contributed by atoms with Crippen molar-refractivity contribution in [2.45, 2.75) is 13.8 Å². The number of para-hydroxylation sites is 4. The summed E-state index contributed by atoms with van der Waals surface area (Å²) in [7, 11) is 0. The molecule has 0 aliphatic carbocycles. The van der Waals surface area contributed by atoms with Gasteiger partial charge in [-0.25, -0.2) is 19.9 Å². The zero-order valence-corrected chi connectivity index (χ0v) is 67.4.